The quantitative estimate of drug-likeness (QED) is 0.768. The molecule has 0 radical (unpaired) electrons. The largest absolute Gasteiger partial charge is 0.394 e. The van der Waals surface area contributed by atoms with Gasteiger partial charge in [0.2, 0.25) is 0 Å². The average Bonchev–Trinajstić information content (AvgIpc) is 2.02. The molecule has 0 aliphatic heterocycles. The summed E-state index contributed by atoms with van der Waals surface area (Å²) < 4.78 is 12.9. The zero-order chi connectivity index (χ0) is 10.1. The minimum atomic E-state index is -0.953. The lowest BCUT2D eigenvalue weighted by Gasteiger charge is -2.22. The normalized spacial score (nSPS) is 15.5. The van der Waals surface area contributed by atoms with Gasteiger partial charge in [-0.2, -0.15) is 0 Å². The van der Waals surface area contributed by atoms with Gasteiger partial charge in [0.25, 0.3) is 0 Å². The molecule has 1 atom stereocenters. The van der Waals surface area contributed by atoms with Gasteiger partial charge in [0.15, 0.2) is 0 Å². The van der Waals surface area contributed by atoms with Crippen molar-refractivity contribution in [1.29, 1.82) is 0 Å². The summed E-state index contributed by atoms with van der Waals surface area (Å²) in [5.41, 5.74) is 5.23. The highest BCUT2D eigenvalue weighted by Crippen LogP contribution is 2.22. The maximum absolute atomic E-state index is 12.9. The summed E-state index contributed by atoms with van der Waals surface area (Å²) in [6.45, 7) is 1.35. The van der Waals surface area contributed by atoms with Gasteiger partial charge in [-0.3, -0.25) is 0 Å². The molecule has 3 N–H and O–H groups in total. The van der Waals surface area contributed by atoms with Gasteiger partial charge in [0.05, 0.1) is 12.1 Å². The van der Waals surface area contributed by atoms with E-state index in [4.69, 9.17) is 22.4 Å². The predicted octanol–water partition coefficient (Wildman–Crippen LogP) is 1.65. The second-order valence-corrected chi connectivity index (χ2v) is 3.67. The Morgan fingerprint density at radius 3 is 2.62 bits per heavy atom. The molecular weight excluding hydrogens is 193 g/mol. The SMILES string of the molecule is CC(N)(CO)c1cc(F)cc(Cl)c1. The second kappa shape index (κ2) is 3.62. The Morgan fingerprint density at radius 1 is 1.54 bits per heavy atom. The van der Waals surface area contributed by atoms with Crippen LogP contribution in [0.2, 0.25) is 5.02 Å². The number of nitrogens with two attached hydrogens (primary N) is 1. The molecule has 1 aromatic carbocycles. The Balaban J connectivity index is 3.15. The van der Waals surface area contributed by atoms with E-state index in [1.54, 1.807) is 13.0 Å². The maximum atomic E-state index is 12.9. The molecule has 72 valence electrons. The molecule has 1 aromatic rings. The zero-order valence-electron chi connectivity index (χ0n) is 7.22. The standard InChI is InChI=1S/C9H11ClFNO/c1-9(12,5-13)6-2-7(10)4-8(11)3-6/h2-4,13H,5,12H2,1H3. The fourth-order valence-electron chi connectivity index (χ4n) is 0.975. The second-order valence-electron chi connectivity index (χ2n) is 3.23. The summed E-state index contributed by atoms with van der Waals surface area (Å²) in [5, 5.41) is 9.22. The Bertz CT molecular complexity index is 294. The molecular formula is C9H11ClFNO. The molecule has 1 rings (SSSR count). The van der Waals surface area contributed by atoms with Crippen LogP contribution in [0.25, 0.3) is 0 Å². The summed E-state index contributed by atoms with van der Waals surface area (Å²) in [6, 6.07) is 4.00. The van der Waals surface area contributed by atoms with Gasteiger partial charge >= 0.3 is 0 Å². The Kier molecular flexibility index (Phi) is 2.91. The molecule has 0 heterocycles. The molecule has 13 heavy (non-hydrogen) atoms. The first-order chi connectivity index (χ1) is 5.95. The Morgan fingerprint density at radius 2 is 2.15 bits per heavy atom. The minimum absolute atomic E-state index is 0.257. The third kappa shape index (κ3) is 2.40. The van der Waals surface area contributed by atoms with Crippen LogP contribution >= 0.6 is 11.6 Å². The van der Waals surface area contributed by atoms with Crippen LogP contribution in [0.5, 0.6) is 0 Å². The smallest absolute Gasteiger partial charge is 0.125 e. The van der Waals surface area contributed by atoms with E-state index < -0.39 is 11.4 Å². The number of hydrogen-bond acceptors (Lipinski definition) is 2. The number of halogens is 2. The third-order valence-electron chi connectivity index (χ3n) is 1.85. The van der Waals surface area contributed by atoms with E-state index in [9.17, 15) is 4.39 Å². The van der Waals surface area contributed by atoms with E-state index in [2.05, 4.69) is 0 Å². The molecule has 0 amide bonds. The first kappa shape index (κ1) is 10.4. The van der Waals surface area contributed by atoms with Crippen molar-refractivity contribution in [1.82, 2.24) is 0 Å². The average molecular weight is 204 g/mol. The molecule has 0 fully saturated rings. The molecule has 0 aliphatic carbocycles. The number of benzene rings is 1. The molecule has 1 unspecified atom stereocenters. The highest BCUT2D eigenvalue weighted by atomic mass is 35.5. The lowest BCUT2D eigenvalue weighted by molar-refractivity contribution is 0.210. The van der Waals surface area contributed by atoms with Crippen molar-refractivity contribution in [2.75, 3.05) is 6.61 Å². The van der Waals surface area contributed by atoms with Crippen LogP contribution in [-0.2, 0) is 5.54 Å². The van der Waals surface area contributed by atoms with E-state index in [0.717, 1.165) is 0 Å². The third-order valence-corrected chi connectivity index (χ3v) is 2.07. The lowest BCUT2D eigenvalue weighted by Crippen LogP contribution is -2.37. The predicted molar refractivity (Wildman–Crippen MR) is 50.0 cm³/mol. The van der Waals surface area contributed by atoms with Crippen LogP contribution in [0, 0.1) is 5.82 Å². The van der Waals surface area contributed by atoms with Gasteiger partial charge in [-0.15, -0.1) is 0 Å². The molecule has 0 bridgehead atoms. The van der Waals surface area contributed by atoms with Crippen molar-refractivity contribution in [3.05, 3.63) is 34.6 Å². The fourth-order valence-corrected chi connectivity index (χ4v) is 1.20. The zero-order valence-corrected chi connectivity index (χ0v) is 7.98. The van der Waals surface area contributed by atoms with Crippen LogP contribution in [0.15, 0.2) is 18.2 Å². The van der Waals surface area contributed by atoms with Crippen molar-refractivity contribution >= 4 is 11.6 Å². The molecule has 0 saturated heterocycles. The number of rotatable bonds is 2. The molecule has 0 aromatic heterocycles. The highest BCUT2D eigenvalue weighted by molar-refractivity contribution is 6.30. The molecule has 0 spiro atoms. The van der Waals surface area contributed by atoms with Gasteiger partial charge in [-0.25, -0.2) is 4.39 Å². The molecule has 0 saturated carbocycles. The van der Waals surface area contributed by atoms with Gasteiger partial charge < -0.3 is 10.8 Å². The van der Waals surface area contributed by atoms with Crippen LogP contribution in [-0.4, -0.2) is 11.7 Å². The number of hydrogen-bond donors (Lipinski definition) is 2. The van der Waals surface area contributed by atoms with E-state index in [1.165, 1.54) is 12.1 Å². The highest BCUT2D eigenvalue weighted by Gasteiger charge is 2.20. The van der Waals surface area contributed by atoms with E-state index in [-0.39, 0.29) is 11.6 Å². The Labute approximate surface area is 81.1 Å². The first-order valence-corrected chi connectivity index (χ1v) is 4.20. The van der Waals surface area contributed by atoms with E-state index in [1.807, 2.05) is 0 Å². The number of aliphatic hydroxyl groups excluding tert-OH is 1. The van der Waals surface area contributed by atoms with Crippen LogP contribution < -0.4 is 5.73 Å². The molecule has 2 nitrogen and oxygen atoms in total. The van der Waals surface area contributed by atoms with Crippen LogP contribution in [0.3, 0.4) is 0 Å². The minimum Gasteiger partial charge on any atom is -0.394 e. The lowest BCUT2D eigenvalue weighted by atomic mass is 9.94. The fraction of sp³-hybridized carbons (Fsp3) is 0.333. The topological polar surface area (TPSA) is 46.2 Å². The summed E-state index contributed by atoms with van der Waals surface area (Å²) in [4.78, 5) is 0. The van der Waals surface area contributed by atoms with Crippen molar-refractivity contribution in [3.8, 4) is 0 Å². The van der Waals surface area contributed by atoms with Crippen LogP contribution in [0.1, 0.15) is 12.5 Å². The maximum Gasteiger partial charge on any atom is 0.125 e. The van der Waals surface area contributed by atoms with Gasteiger partial charge in [0, 0.05) is 5.02 Å². The van der Waals surface area contributed by atoms with E-state index in [0.29, 0.717) is 5.56 Å². The summed E-state index contributed by atoms with van der Waals surface area (Å²) >= 11 is 5.64. The first-order valence-electron chi connectivity index (χ1n) is 3.82. The monoisotopic (exact) mass is 203 g/mol. The number of aliphatic hydroxyl groups is 1. The van der Waals surface area contributed by atoms with E-state index >= 15 is 0 Å². The Hall–Kier alpha value is -0.640. The van der Waals surface area contributed by atoms with Crippen molar-refractivity contribution in [3.63, 3.8) is 0 Å². The van der Waals surface area contributed by atoms with Gasteiger partial charge in [0.1, 0.15) is 5.82 Å². The van der Waals surface area contributed by atoms with Gasteiger partial charge in [-0.05, 0) is 30.7 Å². The molecule has 4 heteroatoms. The van der Waals surface area contributed by atoms with Crippen molar-refractivity contribution in [2.45, 2.75) is 12.5 Å². The van der Waals surface area contributed by atoms with Crippen molar-refractivity contribution < 1.29 is 9.50 Å². The summed E-state index contributed by atoms with van der Waals surface area (Å²) in [5.74, 6) is -0.451. The summed E-state index contributed by atoms with van der Waals surface area (Å²) in [7, 11) is 0. The van der Waals surface area contributed by atoms with Crippen molar-refractivity contribution in [2.24, 2.45) is 5.73 Å². The van der Waals surface area contributed by atoms with Gasteiger partial charge in [-0.1, -0.05) is 11.6 Å². The van der Waals surface area contributed by atoms with Crippen LogP contribution in [0.4, 0.5) is 4.39 Å². The molecule has 0 aliphatic rings. The summed E-state index contributed by atoms with van der Waals surface area (Å²) in [6.07, 6.45) is 0.